The highest BCUT2D eigenvalue weighted by molar-refractivity contribution is 7.80. The topological polar surface area (TPSA) is 18.5 Å². The van der Waals surface area contributed by atoms with E-state index in [1.165, 1.54) is 12.8 Å². The average molecular weight is 201 g/mol. The maximum atomic E-state index is 5.26. The van der Waals surface area contributed by atoms with Gasteiger partial charge in [0.25, 0.3) is 0 Å². The second-order valence-electron chi connectivity index (χ2n) is 3.73. The lowest BCUT2D eigenvalue weighted by Gasteiger charge is -2.20. The molecule has 0 aromatic carbocycles. The van der Waals surface area contributed by atoms with Gasteiger partial charge in [-0.1, -0.05) is 0 Å². The molecule has 0 radical (unpaired) electrons. The summed E-state index contributed by atoms with van der Waals surface area (Å²) < 4.78 is 0. The molecule has 0 unspecified atom stereocenters. The van der Waals surface area contributed by atoms with E-state index in [1.54, 1.807) is 0 Å². The zero-order valence-corrected chi connectivity index (χ0v) is 9.36. The summed E-state index contributed by atoms with van der Waals surface area (Å²) in [5, 5.41) is 4.20. The van der Waals surface area contributed by atoms with E-state index in [1.807, 2.05) is 0 Å². The standard InChI is InChI=1S/C9H19N3S/c1-11(2)8-5-10-9(13)12-6-3-4-7-12/h3-8H2,1-2H3,(H,10,13). The third-order valence-corrected chi connectivity index (χ3v) is 2.63. The minimum absolute atomic E-state index is 0.930. The maximum absolute atomic E-state index is 5.26. The van der Waals surface area contributed by atoms with Crippen molar-refractivity contribution in [2.24, 2.45) is 0 Å². The Morgan fingerprint density at radius 2 is 2.00 bits per heavy atom. The molecule has 0 atom stereocenters. The number of likely N-dealkylation sites (N-methyl/N-ethyl adjacent to an activating group) is 1. The Morgan fingerprint density at radius 1 is 1.38 bits per heavy atom. The Kier molecular flexibility index (Phi) is 4.45. The van der Waals surface area contributed by atoms with Crippen LogP contribution in [0.4, 0.5) is 0 Å². The SMILES string of the molecule is CN(C)CCNC(=S)N1CCCC1. The van der Waals surface area contributed by atoms with Gasteiger partial charge in [-0.3, -0.25) is 0 Å². The molecule has 1 fully saturated rings. The van der Waals surface area contributed by atoms with Gasteiger partial charge in [-0.05, 0) is 39.2 Å². The van der Waals surface area contributed by atoms with Crippen molar-refractivity contribution in [2.75, 3.05) is 40.3 Å². The third kappa shape index (κ3) is 3.91. The van der Waals surface area contributed by atoms with Crippen molar-refractivity contribution in [3.8, 4) is 0 Å². The quantitative estimate of drug-likeness (QED) is 0.671. The van der Waals surface area contributed by atoms with Gasteiger partial charge >= 0.3 is 0 Å². The summed E-state index contributed by atoms with van der Waals surface area (Å²) in [6, 6.07) is 0. The number of hydrogen-bond acceptors (Lipinski definition) is 2. The number of nitrogens with one attached hydrogen (secondary N) is 1. The van der Waals surface area contributed by atoms with Gasteiger partial charge in [0, 0.05) is 26.2 Å². The van der Waals surface area contributed by atoms with E-state index >= 15 is 0 Å². The molecule has 1 rings (SSSR count). The van der Waals surface area contributed by atoms with E-state index in [9.17, 15) is 0 Å². The molecular weight excluding hydrogens is 182 g/mol. The van der Waals surface area contributed by atoms with Crippen LogP contribution >= 0.6 is 12.2 Å². The number of likely N-dealkylation sites (tertiary alicyclic amines) is 1. The van der Waals surface area contributed by atoms with E-state index in [4.69, 9.17) is 12.2 Å². The second-order valence-corrected chi connectivity index (χ2v) is 4.12. The molecule has 0 spiro atoms. The molecule has 13 heavy (non-hydrogen) atoms. The van der Waals surface area contributed by atoms with E-state index in [0.29, 0.717) is 0 Å². The van der Waals surface area contributed by atoms with Gasteiger partial charge in [-0.15, -0.1) is 0 Å². The molecule has 1 saturated heterocycles. The minimum Gasteiger partial charge on any atom is -0.361 e. The van der Waals surface area contributed by atoms with E-state index < -0.39 is 0 Å². The highest BCUT2D eigenvalue weighted by Gasteiger charge is 2.13. The lowest BCUT2D eigenvalue weighted by atomic mass is 10.4. The summed E-state index contributed by atoms with van der Waals surface area (Å²) in [5.41, 5.74) is 0. The van der Waals surface area contributed by atoms with Gasteiger partial charge in [0.15, 0.2) is 5.11 Å². The normalized spacial score (nSPS) is 16.7. The van der Waals surface area contributed by atoms with E-state index in [2.05, 4.69) is 29.2 Å². The van der Waals surface area contributed by atoms with E-state index in [0.717, 1.165) is 31.3 Å². The Bertz CT molecular complexity index is 164. The largest absolute Gasteiger partial charge is 0.361 e. The molecule has 3 nitrogen and oxygen atoms in total. The van der Waals surface area contributed by atoms with Crippen molar-refractivity contribution in [2.45, 2.75) is 12.8 Å². The number of hydrogen-bond donors (Lipinski definition) is 1. The molecule has 0 aromatic heterocycles. The molecule has 1 aliphatic rings. The van der Waals surface area contributed by atoms with Crippen molar-refractivity contribution >= 4 is 17.3 Å². The second kappa shape index (κ2) is 5.40. The Labute approximate surface area is 86.1 Å². The zero-order valence-electron chi connectivity index (χ0n) is 8.55. The number of rotatable bonds is 3. The Morgan fingerprint density at radius 3 is 2.54 bits per heavy atom. The molecule has 0 saturated carbocycles. The van der Waals surface area contributed by atoms with Crippen LogP contribution in [0.2, 0.25) is 0 Å². The van der Waals surface area contributed by atoms with Crippen LogP contribution in [0.25, 0.3) is 0 Å². The van der Waals surface area contributed by atoms with Crippen molar-refractivity contribution in [1.82, 2.24) is 15.1 Å². The van der Waals surface area contributed by atoms with Crippen LogP contribution in [-0.2, 0) is 0 Å². The van der Waals surface area contributed by atoms with Crippen LogP contribution in [-0.4, -0.2) is 55.2 Å². The fourth-order valence-corrected chi connectivity index (χ4v) is 1.70. The molecular formula is C9H19N3S. The minimum atomic E-state index is 0.930. The molecule has 0 bridgehead atoms. The Hall–Kier alpha value is -0.350. The lowest BCUT2D eigenvalue weighted by Crippen LogP contribution is -2.40. The van der Waals surface area contributed by atoms with Crippen LogP contribution in [0.3, 0.4) is 0 Å². The van der Waals surface area contributed by atoms with Gasteiger partial charge in [0.2, 0.25) is 0 Å². The molecule has 1 heterocycles. The van der Waals surface area contributed by atoms with Gasteiger partial charge in [-0.25, -0.2) is 0 Å². The lowest BCUT2D eigenvalue weighted by molar-refractivity contribution is 0.407. The smallest absolute Gasteiger partial charge is 0.168 e. The zero-order chi connectivity index (χ0) is 9.68. The molecule has 76 valence electrons. The highest BCUT2D eigenvalue weighted by Crippen LogP contribution is 2.06. The molecule has 4 heteroatoms. The van der Waals surface area contributed by atoms with Crippen LogP contribution in [0.15, 0.2) is 0 Å². The summed E-state index contributed by atoms with van der Waals surface area (Å²) in [4.78, 5) is 4.41. The first-order valence-electron chi connectivity index (χ1n) is 4.87. The summed E-state index contributed by atoms with van der Waals surface area (Å²) in [7, 11) is 4.14. The van der Waals surface area contributed by atoms with Crippen molar-refractivity contribution < 1.29 is 0 Å². The first-order chi connectivity index (χ1) is 6.20. The highest BCUT2D eigenvalue weighted by atomic mass is 32.1. The molecule has 1 aliphatic heterocycles. The van der Waals surface area contributed by atoms with Gasteiger partial charge in [-0.2, -0.15) is 0 Å². The fourth-order valence-electron chi connectivity index (χ4n) is 1.42. The summed E-state index contributed by atoms with van der Waals surface area (Å²) in [6.45, 7) is 4.25. The molecule has 1 N–H and O–H groups in total. The monoisotopic (exact) mass is 201 g/mol. The van der Waals surface area contributed by atoms with Crippen LogP contribution < -0.4 is 5.32 Å². The molecule has 0 amide bonds. The maximum Gasteiger partial charge on any atom is 0.168 e. The molecule has 0 aliphatic carbocycles. The third-order valence-electron chi connectivity index (χ3n) is 2.23. The van der Waals surface area contributed by atoms with Gasteiger partial charge < -0.3 is 15.1 Å². The number of nitrogens with zero attached hydrogens (tertiary/aromatic N) is 2. The summed E-state index contributed by atoms with van der Waals surface area (Å²) in [5.74, 6) is 0. The first kappa shape index (κ1) is 10.7. The van der Waals surface area contributed by atoms with Crippen LogP contribution in [0.5, 0.6) is 0 Å². The summed E-state index contributed by atoms with van der Waals surface area (Å²) in [6.07, 6.45) is 2.57. The average Bonchev–Trinajstić information content (AvgIpc) is 2.55. The predicted molar refractivity (Wildman–Crippen MR) is 60.0 cm³/mol. The molecule has 0 aromatic rings. The Balaban J connectivity index is 2.10. The summed E-state index contributed by atoms with van der Waals surface area (Å²) >= 11 is 5.26. The van der Waals surface area contributed by atoms with Gasteiger partial charge in [0.05, 0.1) is 0 Å². The van der Waals surface area contributed by atoms with Crippen molar-refractivity contribution in [1.29, 1.82) is 0 Å². The van der Waals surface area contributed by atoms with E-state index in [-0.39, 0.29) is 0 Å². The number of thiocarbonyl (C=S) groups is 1. The van der Waals surface area contributed by atoms with Gasteiger partial charge in [0.1, 0.15) is 0 Å². The first-order valence-corrected chi connectivity index (χ1v) is 5.28. The predicted octanol–water partition coefficient (Wildman–Crippen LogP) is 0.518. The van der Waals surface area contributed by atoms with Crippen LogP contribution in [0, 0.1) is 0 Å². The van der Waals surface area contributed by atoms with Crippen molar-refractivity contribution in [3.05, 3.63) is 0 Å². The van der Waals surface area contributed by atoms with Crippen molar-refractivity contribution in [3.63, 3.8) is 0 Å². The van der Waals surface area contributed by atoms with Crippen LogP contribution in [0.1, 0.15) is 12.8 Å². The fraction of sp³-hybridized carbons (Fsp3) is 0.889.